The summed E-state index contributed by atoms with van der Waals surface area (Å²) < 4.78 is 43.2. The molecular formula is C15H13BrF3N3O. The van der Waals surface area contributed by atoms with Crippen LogP contribution in [-0.2, 0) is 13.5 Å². The molecule has 0 saturated carbocycles. The Morgan fingerprint density at radius 1 is 1.26 bits per heavy atom. The molecule has 1 aromatic carbocycles. The van der Waals surface area contributed by atoms with E-state index in [1.165, 1.54) is 30.6 Å². The molecule has 2 aromatic rings. The highest BCUT2D eigenvalue weighted by Gasteiger charge is 2.48. The molecule has 3 rings (SSSR count). The van der Waals surface area contributed by atoms with Crippen molar-refractivity contribution in [2.24, 2.45) is 7.05 Å². The predicted octanol–water partition coefficient (Wildman–Crippen LogP) is 3.48. The number of aromatic nitrogens is 2. The Labute approximate surface area is 139 Å². The number of imidazole rings is 1. The molecule has 1 amide bonds. The van der Waals surface area contributed by atoms with E-state index in [0.717, 1.165) is 4.90 Å². The van der Waals surface area contributed by atoms with Crippen LogP contribution >= 0.6 is 15.9 Å². The fourth-order valence-corrected chi connectivity index (χ4v) is 3.09. The first-order valence-corrected chi connectivity index (χ1v) is 7.71. The van der Waals surface area contributed by atoms with E-state index in [-0.39, 0.29) is 17.8 Å². The molecule has 0 saturated heterocycles. The zero-order valence-corrected chi connectivity index (χ0v) is 13.7. The second-order valence-corrected chi connectivity index (χ2v) is 6.31. The summed E-state index contributed by atoms with van der Waals surface area (Å²) in [6, 6.07) is 3.86. The molecule has 1 aliphatic heterocycles. The van der Waals surface area contributed by atoms with Crippen LogP contribution in [0.5, 0.6) is 0 Å². The molecule has 0 radical (unpaired) electrons. The van der Waals surface area contributed by atoms with E-state index in [9.17, 15) is 18.0 Å². The average Bonchev–Trinajstić information content (AvgIpc) is 2.85. The molecule has 0 aliphatic carbocycles. The van der Waals surface area contributed by atoms with E-state index in [0.29, 0.717) is 16.6 Å². The van der Waals surface area contributed by atoms with E-state index in [4.69, 9.17) is 0 Å². The number of carbonyl (C=O) groups is 1. The molecule has 8 heteroatoms. The molecule has 1 unspecified atom stereocenters. The van der Waals surface area contributed by atoms with Gasteiger partial charge in [-0.3, -0.25) is 4.79 Å². The summed E-state index contributed by atoms with van der Waals surface area (Å²) in [7, 11) is 1.73. The number of carbonyl (C=O) groups excluding carboxylic acids is 1. The fraction of sp³-hybridized carbons (Fsp3) is 0.333. The Bertz CT molecular complexity index is 739. The number of rotatable bonds is 2. The summed E-state index contributed by atoms with van der Waals surface area (Å²) in [6.45, 7) is 0.00556. The van der Waals surface area contributed by atoms with Gasteiger partial charge in [-0.05, 0) is 17.7 Å². The number of halogens is 4. The molecule has 122 valence electrons. The molecule has 1 aromatic heterocycles. The van der Waals surface area contributed by atoms with Gasteiger partial charge in [-0.25, -0.2) is 4.98 Å². The van der Waals surface area contributed by atoms with Gasteiger partial charge in [0, 0.05) is 24.5 Å². The number of hydrogen-bond acceptors (Lipinski definition) is 2. The number of amides is 1. The molecular weight excluding hydrogens is 375 g/mol. The minimum Gasteiger partial charge on any atom is -0.337 e. The van der Waals surface area contributed by atoms with Crippen molar-refractivity contribution in [3.05, 3.63) is 52.0 Å². The van der Waals surface area contributed by atoms with Crippen LogP contribution in [0.25, 0.3) is 0 Å². The van der Waals surface area contributed by atoms with Crippen molar-refractivity contribution in [1.82, 2.24) is 14.5 Å². The maximum absolute atomic E-state index is 13.6. The number of fused-ring (bicyclic) bond motifs is 1. The average molecular weight is 388 g/mol. The summed E-state index contributed by atoms with van der Waals surface area (Å²) in [5.74, 6) is -0.683. The molecule has 23 heavy (non-hydrogen) atoms. The quantitative estimate of drug-likeness (QED) is 0.790. The van der Waals surface area contributed by atoms with Gasteiger partial charge in [0.15, 0.2) is 6.04 Å². The van der Waals surface area contributed by atoms with Crippen molar-refractivity contribution in [3.63, 3.8) is 0 Å². The lowest BCUT2D eigenvalue weighted by atomic mass is 10.0. The van der Waals surface area contributed by atoms with Crippen molar-refractivity contribution in [2.75, 3.05) is 6.54 Å². The molecule has 2 heterocycles. The minimum absolute atomic E-state index is 0.00556. The Morgan fingerprint density at radius 3 is 2.52 bits per heavy atom. The highest BCUT2D eigenvalue weighted by Crippen LogP contribution is 2.40. The van der Waals surface area contributed by atoms with Gasteiger partial charge in [-0.2, -0.15) is 13.2 Å². The van der Waals surface area contributed by atoms with Gasteiger partial charge >= 0.3 is 6.18 Å². The van der Waals surface area contributed by atoms with E-state index in [2.05, 4.69) is 20.9 Å². The molecule has 0 fully saturated rings. The van der Waals surface area contributed by atoms with Crippen molar-refractivity contribution < 1.29 is 18.0 Å². The highest BCUT2D eigenvalue weighted by atomic mass is 79.9. The molecule has 1 atom stereocenters. The molecule has 4 nitrogen and oxygen atoms in total. The number of nitrogens with zero attached hydrogens (tertiary/aromatic N) is 3. The Kier molecular flexibility index (Phi) is 3.95. The van der Waals surface area contributed by atoms with Crippen LogP contribution in [0.2, 0.25) is 0 Å². The number of alkyl halides is 3. The van der Waals surface area contributed by atoms with Crippen LogP contribution < -0.4 is 0 Å². The standard InChI is InChI=1S/C15H13BrF3N3O/c1-21-8-20-12-11(21)6-7-22(14(12)23)13(15(17,18)19)9-2-4-10(16)5-3-9/h2-5,8,13H,6-7H2,1H3. The van der Waals surface area contributed by atoms with Gasteiger partial charge in [0.05, 0.1) is 12.0 Å². The molecule has 0 spiro atoms. The highest BCUT2D eigenvalue weighted by molar-refractivity contribution is 9.10. The van der Waals surface area contributed by atoms with Crippen LogP contribution in [-0.4, -0.2) is 33.1 Å². The lowest BCUT2D eigenvalue weighted by Gasteiger charge is -2.35. The SMILES string of the molecule is Cn1cnc2c1CCN(C(c1ccc(Br)cc1)C(F)(F)F)C2=O. The van der Waals surface area contributed by atoms with E-state index in [1.807, 2.05) is 0 Å². The van der Waals surface area contributed by atoms with E-state index < -0.39 is 18.1 Å². The van der Waals surface area contributed by atoms with Crippen LogP contribution in [0.1, 0.15) is 27.8 Å². The summed E-state index contributed by atoms with van der Waals surface area (Å²) >= 11 is 3.20. The topological polar surface area (TPSA) is 38.1 Å². The second-order valence-electron chi connectivity index (χ2n) is 5.40. The van der Waals surface area contributed by atoms with Gasteiger partial charge in [0.25, 0.3) is 5.91 Å². The zero-order valence-electron chi connectivity index (χ0n) is 12.1. The lowest BCUT2D eigenvalue weighted by molar-refractivity contribution is -0.179. The maximum Gasteiger partial charge on any atom is 0.413 e. The monoisotopic (exact) mass is 387 g/mol. The summed E-state index contributed by atoms with van der Waals surface area (Å²) in [6.07, 6.45) is -2.76. The Hall–Kier alpha value is -1.83. The third-order valence-corrected chi connectivity index (χ3v) is 4.45. The Balaban J connectivity index is 2.02. The van der Waals surface area contributed by atoms with Crippen LogP contribution in [0.15, 0.2) is 35.1 Å². The first-order chi connectivity index (χ1) is 10.8. The zero-order chi connectivity index (χ0) is 16.8. The maximum atomic E-state index is 13.6. The molecule has 1 aliphatic rings. The lowest BCUT2D eigenvalue weighted by Crippen LogP contribution is -2.46. The van der Waals surface area contributed by atoms with Crippen molar-refractivity contribution in [1.29, 1.82) is 0 Å². The number of hydrogen-bond donors (Lipinski definition) is 0. The Morgan fingerprint density at radius 2 is 1.91 bits per heavy atom. The van der Waals surface area contributed by atoms with Gasteiger partial charge in [0.1, 0.15) is 5.69 Å². The van der Waals surface area contributed by atoms with Crippen molar-refractivity contribution in [2.45, 2.75) is 18.6 Å². The first-order valence-electron chi connectivity index (χ1n) is 6.92. The predicted molar refractivity (Wildman–Crippen MR) is 80.9 cm³/mol. The van der Waals surface area contributed by atoms with Gasteiger partial charge in [-0.1, -0.05) is 28.1 Å². The molecule has 0 N–H and O–H groups in total. The smallest absolute Gasteiger partial charge is 0.337 e. The summed E-state index contributed by atoms with van der Waals surface area (Å²) in [4.78, 5) is 17.3. The van der Waals surface area contributed by atoms with E-state index in [1.54, 1.807) is 11.6 Å². The van der Waals surface area contributed by atoms with Gasteiger partial charge in [0.2, 0.25) is 0 Å². The fourth-order valence-electron chi connectivity index (χ4n) is 2.83. The molecule has 0 bridgehead atoms. The van der Waals surface area contributed by atoms with E-state index >= 15 is 0 Å². The number of aryl methyl sites for hydroxylation is 1. The third-order valence-electron chi connectivity index (χ3n) is 3.92. The first kappa shape index (κ1) is 16.0. The van der Waals surface area contributed by atoms with Crippen molar-refractivity contribution in [3.8, 4) is 0 Å². The number of benzene rings is 1. The third kappa shape index (κ3) is 2.87. The van der Waals surface area contributed by atoms with Crippen LogP contribution in [0, 0.1) is 0 Å². The van der Waals surface area contributed by atoms with Gasteiger partial charge in [-0.15, -0.1) is 0 Å². The van der Waals surface area contributed by atoms with Crippen molar-refractivity contribution >= 4 is 21.8 Å². The summed E-state index contributed by atoms with van der Waals surface area (Å²) in [5, 5.41) is 0. The van der Waals surface area contributed by atoms with Gasteiger partial charge < -0.3 is 9.47 Å². The normalized spacial score (nSPS) is 16.4. The largest absolute Gasteiger partial charge is 0.413 e. The minimum atomic E-state index is -4.56. The second kappa shape index (κ2) is 5.67. The van der Waals surface area contributed by atoms with Crippen LogP contribution in [0.4, 0.5) is 13.2 Å². The van der Waals surface area contributed by atoms with Crippen LogP contribution in [0.3, 0.4) is 0 Å². The summed E-state index contributed by atoms with van der Waals surface area (Å²) in [5.41, 5.74) is 0.807.